The fourth-order valence-corrected chi connectivity index (χ4v) is 4.66. The molecule has 7 heteroatoms. The van der Waals surface area contributed by atoms with Crippen LogP contribution >= 0.6 is 0 Å². The molecule has 31 heavy (non-hydrogen) atoms. The maximum Gasteiger partial charge on any atom is 0.274 e. The molecule has 1 aliphatic carbocycles. The minimum absolute atomic E-state index is 0.0797. The van der Waals surface area contributed by atoms with Crippen molar-refractivity contribution in [3.63, 3.8) is 0 Å². The van der Waals surface area contributed by atoms with E-state index in [0.717, 1.165) is 55.7 Å². The lowest BCUT2D eigenvalue weighted by Crippen LogP contribution is -2.49. The molecule has 0 N–H and O–H groups in total. The fraction of sp³-hybridized carbons (Fsp3) is 0.333. The number of aromatic nitrogens is 2. The van der Waals surface area contributed by atoms with Gasteiger partial charge in [0.15, 0.2) is 17.3 Å². The van der Waals surface area contributed by atoms with Crippen molar-refractivity contribution in [2.75, 3.05) is 31.1 Å². The monoisotopic (exact) mass is 422 g/mol. The second-order valence-electron chi connectivity index (χ2n) is 8.20. The minimum atomic E-state index is -0.917. The number of aryl methyl sites for hydroxylation is 1. The first-order valence-electron chi connectivity index (χ1n) is 10.7. The molecule has 1 fully saturated rings. The lowest BCUT2D eigenvalue weighted by Gasteiger charge is -2.36. The van der Waals surface area contributed by atoms with E-state index in [2.05, 4.69) is 29.1 Å². The van der Waals surface area contributed by atoms with E-state index in [4.69, 9.17) is 0 Å². The molecule has 0 atom stereocenters. The van der Waals surface area contributed by atoms with Gasteiger partial charge in [0.2, 0.25) is 0 Å². The van der Waals surface area contributed by atoms with Crippen LogP contribution < -0.4 is 4.90 Å². The molecular formula is C24H24F2N4O. The van der Waals surface area contributed by atoms with E-state index in [1.54, 1.807) is 4.68 Å². The summed E-state index contributed by atoms with van der Waals surface area (Å²) in [6.45, 7) is 4.88. The van der Waals surface area contributed by atoms with Crippen LogP contribution in [0.5, 0.6) is 0 Å². The van der Waals surface area contributed by atoms with Crippen LogP contribution in [0.1, 0.15) is 33.7 Å². The average molecular weight is 422 g/mol. The van der Waals surface area contributed by atoms with Gasteiger partial charge in [0.05, 0.1) is 5.69 Å². The van der Waals surface area contributed by atoms with Gasteiger partial charge in [0.1, 0.15) is 0 Å². The first kappa shape index (κ1) is 19.7. The molecule has 0 bridgehead atoms. The smallest absolute Gasteiger partial charge is 0.274 e. The van der Waals surface area contributed by atoms with Crippen molar-refractivity contribution < 1.29 is 13.6 Å². The normalized spacial score (nSPS) is 16.0. The van der Waals surface area contributed by atoms with Gasteiger partial charge in [-0.05, 0) is 49.9 Å². The molecule has 1 aliphatic heterocycles. The van der Waals surface area contributed by atoms with Crippen LogP contribution in [0.2, 0.25) is 0 Å². The highest BCUT2D eigenvalue weighted by molar-refractivity contribution is 5.94. The van der Waals surface area contributed by atoms with Gasteiger partial charge in [-0.15, -0.1) is 0 Å². The maximum absolute atomic E-state index is 13.8. The Morgan fingerprint density at radius 3 is 2.48 bits per heavy atom. The summed E-state index contributed by atoms with van der Waals surface area (Å²) in [7, 11) is 0. The Kier molecular flexibility index (Phi) is 4.96. The SMILES string of the molecule is Cc1ccccc1N1CCN(C(=O)c2nn(-c3ccc(F)c(F)c3)c3c2CCC3)CC1. The predicted octanol–water partition coefficient (Wildman–Crippen LogP) is 3.91. The van der Waals surface area contributed by atoms with Crippen LogP contribution in [0, 0.1) is 18.6 Å². The van der Waals surface area contributed by atoms with Gasteiger partial charge >= 0.3 is 0 Å². The zero-order valence-corrected chi connectivity index (χ0v) is 17.4. The number of fused-ring (bicyclic) bond motifs is 1. The van der Waals surface area contributed by atoms with Gasteiger partial charge in [-0.2, -0.15) is 5.10 Å². The second-order valence-corrected chi connectivity index (χ2v) is 8.20. The number of piperazine rings is 1. The van der Waals surface area contributed by atoms with E-state index in [1.807, 2.05) is 17.0 Å². The van der Waals surface area contributed by atoms with Crippen molar-refractivity contribution in [2.24, 2.45) is 0 Å². The molecule has 2 aliphatic rings. The number of anilines is 1. The molecule has 2 aromatic carbocycles. The molecule has 0 radical (unpaired) electrons. The summed E-state index contributed by atoms with van der Waals surface area (Å²) in [6.07, 6.45) is 2.48. The van der Waals surface area contributed by atoms with Crippen LogP contribution in [0.4, 0.5) is 14.5 Å². The molecule has 1 saturated heterocycles. The van der Waals surface area contributed by atoms with Crippen molar-refractivity contribution in [1.82, 2.24) is 14.7 Å². The van der Waals surface area contributed by atoms with Gasteiger partial charge < -0.3 is 9.80 Å². The highest BCUT2D eigenvalue weighted by Crippen LogP contribution is 2.29. The summed E-state index contributed by atoms with van der Waals surface area (Å²) in [5.41, 5.74) is 5.19. The third kappa shape index (κ3) is 3.48. The van der Waals surface area contributed by atoms with Crippen molar-refractivity contribution in [3.05, 3.63) is 76.6 Å². The number of benzene rings is 2. The van der Waals surface area contributed by atoms with E-state index in [1.165, 1.54) is 17.3 Å². The van der Waals surface area contributed by atoms with E-state index in [0.29, 0.717) is 24.5 Å². The molecule has 0 unspecified atom stereocenters. The van der Waals surface area contributed by atoms with Crippen LogP contribution in [-0.2, 0) is 12.8 Å². The fourth-order valence-electron chi connectivity index (χ4n) is 4.66. The van der Waals surface area contributed by atoms with Gasteiger partial charge in [0, 0.05) is 49.2 Å². The van der Waals surface area contributed by atoms with Gasteiger partial charge in [0.25, 0.3) is 5.91 Å². The third-order valence-electron chi connectivity index (χ3n) is 6.30. The Balaban J connectivity index is 1.38. The number of carbonyl (C=O) groups excluding carboxylic acids is 1. The number of amides is 1. The van der Waals surface area contributed by atoms with E-state index < -0.39 is 11.6 Å². The molecule has 3 aromatic rings. The van der Waals surface area contributed by atoms with Gasteiger partial charge in [-0.25, -0.2) is 13.5 Å². The largest absolute Gasteiger partial charge is 0.368 e. The maximum atomic E-state index is 13.8. The standard InChI is InChI=1S/C24H24F2N4O/c1-16-5-2-3-7-21(16)28-11-13-29(14-12-28)24(31)23-18-6-4-8-22(18)30(27-23)17-9-10-19(25)20(26)15-17/h2-3,5,7,9-10,15H,4,6,8,11-14H2,1H3. The lowest BCUT2D eigenvalue weighted by molar-refractivity contribution is 0.0739. The average Bonchev–Trinajstić information content (AvgIpc) is 3.39. The van der Waals surface area contributed by atoms with Crippen molar-refractivity contribution in [3.8, 4) is 5.69 Å². The van der Waals surface area contributed by atoms with Crippen molar-refractivity contribution in [1.29, 1.82) is 0 Å². The van der Waals surface area contributed by atoms with Crippen LogP contribution in [0.25, 0.3) is 5.69 Å². The number of carbonyl (C=O) groups is 1. The Labute approximate surface area is 179 Å². The number of hydrogen-bond acceptors (Lipinski definition) is 3. The summed E-state index contributed by atoms with van der Waals surface area (Å²) in [5.74, 6) is -1.89. The number of halogens is 2. The first-order valence-corrected chi connectivity index (χ1v) is 10.7. The molecule has 5 rings (SSSR count). The number of hydrogen-bond donors (Lipinski definition) is 0. The van der Waals surface area contributed by atoms with E-state index >= 15 is 0 Å². The van der Waals surface area contributed by atoms with Crippen LogP contribution in [0.3, 0.4) is 0 Å². The second kappa shape index (κ2) is 7.80. The highest BCUT2D eigenvalue weighted by Gasteiger charge is 2.31. The number of para-hydroxylation sites is 1. The predicted molar refractivity (Wildman–Crippen MR) is 115 cm³/mol. The molecule has 2 heterocycles. The first-order chi connectivity index (χ1) is 15.0. The summed E-state index contributed by atoms with van der Waals surface area (Å²) < 4.78 is 28.8. The Bertz CT molecular complexity index is 1150. The van der Waals surface area contributed by atoms with Crippen molar-refractivity contribution >= 4 is 11.6 Å². The van der Waals surface area contributed by atoms with Crippen LogP contribution in [-0.4, -0.2) is 46.8 Å². The Morgan fingerprint density at radius 1 is 0.968 bits per heavy atom. The highest BCUT2D eigenvalue weighted by atomic mass is 19.2. The third-order valence-corrected chi connectivity index (χ3v) is 6.30. The minimum Gasteiger partial charge on any atom is -0.368 e. The lowest BCUT2D eigenvalue weighted by atomic mass is 10.1. The number of rotatable bonds is 3. The molecule has 0 spiro atoms. The molecule has 1 amide bonds. The zero-order chi connectivity index (χ0) is 21.5. The quantitative estimate of drug-likeness (QED) is 0.643. The van der Waals surface area contributed by atoms with E-state index in [9.17, 15) is 13.6 Å². The Hall–Kier alpha value is -3.22. The van der Waals surface area contributed by atoms with E-state index in [-0.39, 0.29) is 5.91 Å². The molecule has 1 aromatic heterocycles. The molecule has 5 nitrogen and oxygen atoms in total. The molecular weight excluding hydrogens is 398 g/mol. The molecule has 160 valence electrons. The summed E-state index contributed by atoms with van der Waals surface area (Å²) in [6, 6.07) is 12.0. The summed E-state index contributed by atoms with van der Waals surface area (Å²) >= 11 is 0. The number of nitrogens with zero attached hydrogens (tertiary/aromatic N) is 4. The topological polar surface area (TPSA) is 41.4 Å². The zero-order valence-electron chi connectivity index (χ0n) is 17.4. The Morgan fingerprint density at radius 2 is 1.74 bits per heavy atom. The molecule has 0 saturated carbocycles. The van der Waals surface area contributed by atoms with Gasteiger partial charge in [-0.1, -0.05) is 18.2 Å². The summed E-state index contributed by atoms with van der Waals surface area (Å²) in [4.78, 5) is 17.5. The van der Waals surface area contributed by atoms with Crippen molar-refractivity contribution in [2.45, 2.75) is 26.2 Å². The summed E-state index contributed by atoms with van der Waals surface area (Å²) in [5, 5.41) is 4.56. The van der Waals surface area contributed by atoms with Crippen LogP contribution in [0.15, 0.2) is 42.5 Å². The van der Waals surface area contributed by atoms with Gasteiger partial charge in [-0.3, -0.25) is 4.79 Å².